The van der Waals surface area contributed by atoms with Crippen LogP contribution < -0.4 is 14.8 Å². The van der Waals surface area contributed by atoms with E-state index in [0.29, 0.717) is 24.7 Å². The van der Waals surface area contributed by atoms with Crippen molar-refractivity contribution in [3.05, 3.63) is 53.6 Å². The Balaban J connectivity index is 1.96. The molecule has 0 spiro atoms. The molecule has 1 N–H and O–H groups in total. The maximum absolute atomic E-state index is 12.8. The number of halogens is 3. The van der Waals surface area contributed by atoms with E-state index in [1.165, 1.54) is 12.1 Å². The molecule has 28 heavy (non-hydrogen) atoms. The molecule has 2 aromatic rings. The lowest BCUT2D eigenvalue weighted by molar-refractivity contribution is -0.137. The highest BCUT2D eigenvalue weighted by Crippen LogP contribution is 2.31. The molecule has 0 unspecified atom stereocenters. The number of benzene rings is 2. The van der Waals surface area contributed by atoms with Crippen molar-refractivity contribution >= 4 is 11.6 Å². The van der Waals surface area contributed by atoms with Gasteiger partial charge in [0.15, 0.2) is 11.5 Å². The van der Waals surface area contributed by atoms with E-state index < -0.39 is 17.6 Å². The average Bonchev–Trinajstić information content (AvgIpc) is 2.62. The Kier molecular flexibility index (Phi) is 7.28. The first-order chi connectivity index (χ1) is 13.2. The normalized spacial score (nSPS) is 11.4. The number of hydrogen-bond donors (Lipinski definition) is 1. The summed E-state index contributed by atoms with van der Waals surface area (Å²) in [4.78, 5) is 13.9. The molecule has 1 amide bonds. The van der Waals surface area contributed by atoms with Gasteiger partial charge in [0.1, 0.15) is 0 Å². The number of anilines is 1. The zero-order chi connectivity index (χ0) is 20.7. The van der Waals surface area contributed by atoms with E-state index in [0.717, 1.165) is 17.7 Å². The van der Waals surface area contributed by atoms with Crippen LogP contribution in [0.4, 0.5) is 18.9 Å². The summed E-state index contributed by atoms with van der Waals surface area (Å²) in [7, 11) is 3.29. The van der Waals surface area contributed by atoms with Crippen LogP contribution in [0.1, 0.15) is 18.1 Å². The van der Waals surface area contributed by atoms with Gasteiger partial charge in [-0.25, -0.2) is 0 Å². The lowest BCUT2D eigenvalue weighted by atomic mass is 10.2. The van der Waals surface area contributed by atoms with Crippen LogP contribution in [-0.2, 0) is 17.5 Å². The predicted octanol–water partition coefficient (Wildman–Crippen LogP) is 4.18. The molecule has 0 atom stereocenters. The van der Waals surface area contributed by atoms with E-state index in [1.807, 2.05) is 19.1 Å². The van der Waals surface area contributed by atoms with E-state index in [2.05, 4.69) is 5.32 Å². The summed E-state index contributed by atoms with van der Waals surface area (Å²) in [6.07, 6.45) is -4.45. The second kappa shape index (κ2) is 9.45. The molecule has 0 aliphatic carbocycles. The number of likely N-dealkylation sites (N-methyl/N-ethyl adjacent to an activating group) is 1. The van der Waals surface area contributed by atoms with Gasteiger partial charge >= 0.3 is 6.18 Å². The van der Waals surface area contributed by atoms with Gasteiger partial charge in [0.25, 0.3) is 0 Å². The topological polar surface area (TPSA) is 50.8 Å². The number of methoxy groups -OCH3 is 1. The molecule has 2 rings (SSSR count). The third-order valence-corrected chi connectivity index (χ3v) is 3.87. The molecule has 0 heterocycles. The molecule has 0 aromatic heterocycles. The maximum atomic E-state index is 12.8. The van der Waals surface area contributed by atoms with E-state index in [4.69, 9.17) is 9.47 Å². The number of hydrogen-bond acceptors (Lipinski definition) is 4. The zero-order valence-corrected chi connectivity index (χ0v) is 16.0. The van der Waals surface area contributed by atoms with E-state index in [-0.39, 0.29) is 12.2 Å². The monoisotopic (exact) mass is 396 g/mol. The number of alkyl halides is 3. The van der Waals surface area contributed by atoms with Crippen LogP contribution in [-0.4, -0.2) is 38.1 Å². The van der Waals surface area contributed by atoms with Gasteiger partial charge in [-0.3, -0.25) is 9.69 Å². The summed E-state index contributed by atoms with van der Waals surface area (Å²) in [5, 5.41) is 2.49. The number of rotatable bonds is 8. The van der Waals surface area contributed by atoms with Crippen molar-refractivity contribution in [1.29, 1.82) is 0 Å². The van der Waals surface area contributed by atoms with Gasteiger partial charge in [-0.05, 0) is 49.9 Å². The second-order valence-corrected chi connectivity index (χ2v) is 6.22. The minimum atomic E-state index is -4.45. The summed E-state index contributed by atoms with van der Waals surface area (Å²) >= 11 is 0. The van der Waals surface area contributed by atoms with E-state index in [9.17, 15) is 18.0 Å². The highest BCUT2D eigenvalue weighted by molar-refractivity contribution is 5.92. The van der Waals surface area contributed by atoms with Crippen LogP contribution in [0.5, 0.6) is 11.5 Å². The summed E-state index contributed by atoms with van der Waals surface area (Å²) in [6.45, 7) is 2.88. The first-order valence-electron chi connectivity index (χ1n) is 8.68. The molecule has 152 valence electrons. The van der Waals surface area contributed by atoms with Gasteiger partial charge in [-0.15, -0.1) is 0 Å². The number of nitrogens with zero attached hydrogens (tertiary/aromatic N) is 1. The van der Waals surface area contributed by atoms with Crippen molar-refractivity contribution in [1.82, 2.24) is 4.90 Å². The Hall–Kier alpha value is -2.74. The highest BCUT2D eigenvalue weighted by atomic mass is 19.4. The molecule has 0 saturated heterocycles. The van der Waals surface area contributed by atoms with Gasteiger partial charge in [0.2, 0.25) is 5.91 Å². The van der Waals surface area contributed by atoms with Crippen molar-refractivity contribution in [2.75, 3.05) is 32.6 Å². The molecular formula is C20H23F3N2O3. The van der Waals surface area contributed by atoms with Crippen LogP contribution in [0.25, 0.3) is 0 Å². The van der Waals surface area contributed by atoms with Gasteiger partial charge in [0, 0.05) is 12.2 Å². The third kappa shape index (κ3) is 6.16. The Bertz CT molecular complexity index is 810. The van der Waals surface area contributed by atoms with Crippen molar-refractivity contribution in [2.45, 2.75) is 19.6 Å². The molecule has 0 bridgehead atoms. The van der Waals surface area contributed by atoms with E-state index >= 15 is 0 Å². The minimum Gasteiger partial charge on any atom is -0.493 e. The Labute approximate surface area is 162 Å². The molecule has 0 aliphatic rings. The molecular weight excluding hydrogens is 373 g/mol. The number of ether oxygens (including phenoxy) is 2. The first kappa shape index (κ1) is 21.6. The number of carbonyl (C=O) groups excluding carboxylic acids is 1. The summed E-state index contributed by atoms with van der Waals surface area (Å²) < 4.78 is 49.0. The molecule has 2 aromatic carbocycles. The van der Waals surface area contributed by atoms with E-state index in [1.54, 1.807) is 25.1 Å². The fourth-order valence-electron chi connectivity index (χ4n) is 2.67. The average molecular weight is 396 g/mol. The molecule has 0 fully saturated rings. The Morgan fingerprint density at radius 1 is 1.14 bits per heavy atom. The SMILES string of the molecule is CCOc1ccc(CN(C)CC(=O)Nc2cccc(C(F)(F)F)c2)cc1OC. The van der Waals surface area contributed by atoms with Gasteiger partial charge < -0.3 is 14.8 Å². The summed E-state index contributed by atoms with van der Waals surface area (Å²) in [5.74, 6) is 0.833. The van der Waals surface area contributed by atoms with Gasteiger partial charge in [0.05, 0.1) is 25.8 Å². The lowest BCUT2D eigenvalue weighted by Gasteiger charge is -2.18. The van der Waals surface area contributed by atoms with Crippen molar-refractivity contribution < 1.29 is 27.4 Å². The maximum Gasteiger partial charge on any atom is 0.416 e. The summed E-state index contributed by atoms with van der Waals surface area (Å²) in [6, 6.07) is 10.0. The number of nitrogens with one attached hydrogen (secondary N) is 1. The Morgan fingerprint density at radius 3 is 2.54 bits per heavy atom. The highest BCUT2D eigenvalue weighted by Gasteiger charge is 2.30. The van der Waals surface area contributed by atoms with Crippen LogP contribution in [0.3, 0.4) is 0 Å². The lowest BCUT2D eigenvalue weighted by Crippen LogP contribution is -2.29. The van der Waals surface area contributed by atoms with Gasteiger partial charge in [-0.2, -0.15) is 13.2 Å². The number of carbonyl (C=O) groups is 1. The molecule has 0 radical (unpaired) electrons. The van der Waals surface area contributed by atoms with Crippen LogP contribution in [0, 0.1) is 0 Å². The predicted molar refractivity (Wildman–Crippen MR) is 101 cm³/mol. The fraction of sp³-hybridized carbons (Fsp3) is 0.350. The third-order valence-electron chi connectivity index (χ3n) is 3.87. The molecule has 8 heteroatoms. The second-order valence-electron chi connectivity index (χ2n) is 6.22. The minimum absolute atomic E-state index is 0.0196. The van der Waals surface area contributed by atoms with Crippen molar-refractivity contribution in [2.24, 2.45) is 0 Å². The van der Waals surface area contributed by atoms with Crippen LogP contribution in [0.2, 0.25) is 0 Å². The Morgan fingerprint density at radius 2 is 1.89 bits per heavy atom. The van der Waals surface area contributed by atoms with Crippen LogP contribution >= 0.6 is 0 Å². The fourth-order valence-corrected chi connectivity index (χ4v) is 2.67. The molecule has 0 aliphatic heterocycles. The first-order valence-corrected chi connectivity index (χ1v) is 8.68. The van der Waals surface area contributed by atoms with Crippen LogP contribution in [0.15, 0.2) is 42.5 Å². The van der Waals surface area contributed by atoms with Crippen molar-refractivity contribution in [3.63, 3.8) is 0 Å². The largest absolute Gasteiger partial charge is 0.493 e. The van der Waals surface area contributed by atoms with Crippen molar-refractivity contribution in [3.8, 4) is 11.5 Å². The quantitative estimate of drug-likeness (QED) is 0.727. The standard InChI is InChI=1S/C20H23F3N2O3/c1-4-28-17-9-8-14(10-18(17)27-3)12-25(2)13-19(26)24-16-7-5-6-15(11-16)20(21,22)23/h5-11H,4,12-13H2,1-3H3,(H,24,26). The molecule has 5 nitrogen and oxygen atoms in total. The summed E-state index contributed by atoms with van der Waals surface area (Å²) in [5.41, 5.74) is 0.214. The molecule has 0 saturated carbocycles. The number of amides is 1. The zero-order valence-electron chi connectivity index (χ0n) is 16.0. The smallest absolute Gasteiger partial charge is 0.416 e. The van der Waals surface area contributed by atoms with Gasteiger partial charge in [-0.1, -0.05) is 12.1 Å².